The highest BCUT2D eigenvalue weighted by Gasteiger charge is 2.07. The Bertz CT molecular complexity index is 756. The van der Waals surface area contributed by atoms with Gasteiger partial charge < -0.3 is 11.1 Å². The van der Waals surface area contributed by atoms with Crippen molar-refractivity contribution in [2.45, 2.75) is 4.90 Å². The third-order valence-electron chi connectivity index (χ3n) is 3.20. The number of hydrogen-bond donors (Lipinski definition) is 2. The molecule has 0 spiro atoms. The largest absolute Gasteiger partial charge is 0.396 e. The maximum atomic E-state index is 6.25. The van der Waals surface area contributed by atoms with Gasteiger partial charge in [-0.25, -0.2) is 0 Å². The Balaban J connectivity index is 2.05. The number of pyridine rings is 1. The van der Waals surface area contributed by atoms with E-state index in [1.807, 2.05) is 36.4 Å². The van der Waals surface area contributed by atoms with Crippen LogP contribution in [-0.2, 0) is 0 Å². The zero-order valence-electron chi connectivity index (χ0n) is 11.1. The molecule has 4 heteroatoms. The minimum Gasteiger partial charge on any atom is -0.396 e. The third-order valence-corrected chi connectivity index (χ3v) is 4.00. The zero-order chi connectivity index (χ0) is 13.9. The van der Waals surface area contributed by atoms with Gasteiger partial charge in [0.05, 0.1) is 22.6 Å². The highest BCUT2D eigenvalue weighted by atomic mass is 32.2. The van der Waals surface area contributed by atoms with Gasteiger partial charge >= 0.3 is 0 Å². The molecule has 20 heavy (non-hydrogen) atoms. The summed E-state index contributed by atoms with van der Waals surface area (Å²) in [5, 5.41) is 4.38. The van der Waals surface area contributed by atoms with Crippen molar-refractivity contribution in [3.8, 4) is 0 Å². The predicted octanol–water partition coefficient (Wildman–Crippen LogP) is 4.28. The number of para-hydroxylation sites is 1. The summed E-state index contributed by atoms with van der Waals surface area (Å²) in [7, 11) is 0. The lowest BCUT2D eigenvalue weighted by atomic mass is 10.1. The molecular weight excluding hydrogens is 266 g/mol. The fourth-order valence-electron chi connectivity index (χ4n) is 2.18. The van der Waals surface area contributed by atoms with Crippen molar-refractivity contribution in [1.29, 1.82) is 0 Å². The van der Waals surface area contributed by atoms with E-state index in [0.717, 1.165) is 28.0 Å². The minimum atomic E-state index is 0.728. The first-order chi connectivity index (χ1) is 9.79. The van der Waals surface area contributed by atoms with Crippen molar-refractivity contribution >= 4 is 39.7 Å². The molecule has 0 amide bonds. The Morgan fingerprint density at radius 1 is 1.00 bits per heavy atom. The second-order valence-corrected chi connectivity index (χ2v) is 5.27. The fourth-order valence-corrected chi connectivity index (χ4v) is 2.73. The Kier molecular flexibility index (Phi) is 3.48. The van der Waals surface area contributed by atoms with Crippen molar-refractivity contribution in [2.24, 2.45) is 0 Å². The molecule has 0 aliphatic rings. The summed E-state index contributed by atoms with van der Waals surface area (Å²) in [5.74, 6) is 0. The smallest absolute Gasteiger partial charge is 0.0724 e. The predicted molar refractivity (Wildman–Crippen MR) is 87.7 cm³/mol. The van der Waals surface area contributed by atoms with Crippen molar-refractivity contribution < 1.29 is 0 Å². The van der Waals surface area contributed by atoms with Crippen LogP contribution in [0.15, 0.2) is 59.6 Å². The van der Waals surface area contributed by atoms with Crippen LogP contribution in [0.1, 0.15) is 0 Å². The number of hydrogen-bond acceptors (Lipinski definition) is 4. The molecule has 0 aliphatic carbocycles. The van der Waals surface area contributed by atoms with E-state index in [1.165, 1.54) is 4.90 Å². The number of thioether (sulfide) groups is 1. The van der Waals surface area contributed by atoms with Crippen LogP contribution in [0.2, 0.25) is 0 Å². The molecule has 0 saturated carbocycles. The van der Waals surface area contributed by atoms with Crippen molar-refractivity contribution in [3.63, 3.8) is 0 Å². The lowest BCUT2D eigenvalue weighted by Gasteiger charge is -2.13. The van der Waals surface area contributed by atoms with Gasteiger partial charge in [0, 0.05) is 16.5 Å². The lowest BCUT2D eigenvalue weighted by Crippen LogP contribution is -1.98. The molecule has 3 aromatic rings. The van der Waals surface area contributed by atoms with Crippen LogP contribution in [-0.4, -0.2) is 11.2 Å². The molecule has 0 radical (unpaired) electrons. The molecule has 0 unspecified atom stereocenters. The SMILES string of the molecule is CSc1ccccc1Nc1ccc2ncccc2c1N. The Hall–Kier alpha value is -2.20. The van der Waals surface area contributed by atoms with Crippen molar-refractivity contribution in [2.75, 3.05) is 17.3 Å². The van der Waals surface area contributed by atoms with Gasteiger partial charge in [0.25, 0.3) is 0 Å². The van der Waals surface area contributed by atoms with E-state index in [0.29, 0.717) is 0 Å². The van der Waals surface area contributed by atoms with Crippen molar-refractivity contribution in [3.05, 3.63) is 54.7 Å². The fraction of sp³-hybridized carbons (Fsp3) is 0.0625. The van der Waals surface area contributed by atoms with E-state index < -0.39 is 0 Å². The van der Waals surface area contributed by atoms with E-state index in [4.69, 9.17) is 5.73 Å². The summed E-state index contributed by atoms with van der Waals surface area (Å²) in [6.07, 6.45) is 3.84. The van der Waals surface area contributed by atoms with Crippen LogP contribution in [0, 0.1) is 0 Å². The van der Waals surface area contributed by atoms with E-state index in [1.54, 1.807) is 18.0 Å². The topological polar surface area (TPSA) is 50.9 Å². The number of aromatic nitrogens is 1. The molecular formula is C16H15N3S. The molecule has 2 aromatic carbocycles. The number of nitrogens with one attached hydrogen (secondary N) is 1. The van der Waals surface area contributed by atoms with E-state index in [-0.39, 0.29) is 0 Å². The molecule has 100 valence electrons. The molecule has 0 fully saturated rings. The second-order valence-electron chi connectivity index (χ2n) is 4.42. The molecule has 3 N–H and O–H groups in total. The summed E-state index contributed by atoms with van der Waals surface area (Å²) in [6, 6.07) is 16.0. The second kappa shape index (κ2) is 5.43. The minimum absolute atomic E-state index is 0.728. The first kappa shape index (κ1) is 12.8. The van der Waals surface area contributed by atoms with Gasteiger partial charge in [-0.15, -0.1) is 11.8 Å². The van der Waals surface area contributed by atoms with Crippen LogP contribution in [0.5, 0.6) is 0 Å². The summed E-state index contributed by atoms with van der Waals surface area (Å²) in [5.41, 5.74) is 9.86. The first-order valence-corrected chi connectivity index (χ1v) is 7.55. The maximum Gasteiger partial charge on any atom is 0.0724 e. The maximum absolute atomic E-state index is 6.25. The van der Waals surface area contributed by atoms with Gasteiger partial charge in [0.15, 0.2) is 0 Å². The van der Waals surface area contributed by atoms with Gasteiger partial charge in [-0.3, -0.25) is 4.98 Å². The normalized spacial score (nSPS) is 10.7. The molecule has 1 aromatic heterocycles. The van der Waals surface area contributed by atoms with E-state index in [2.05, 4.69) is 28.7 Å². The standard InChI is InChI=1S/C16H15N3S/c1-20-15-7-3-2-6-13(15)19-14-9-8-12-11(16(14)17)5-4-10-18-12/h2-10,19H,17H2,1H3. The van der Waals surface area contributed by atoms with Gasteiger partial charge in [0.1, 0.15) is 0 Å². The van der Waals surface area contributed by atoms with Gasteiger partial charge in [0.2, 0.25) is 0 Å². The number of nitrogen functional groups attached to an aromatic ring is 1. The summed E-state index contributed by atoms with van der Waals surface area (Å²) in [4.78, 5) is 5.50. The number of fused-ring (bicyclic) bond motifs is 1. The van der Waals surface area contributed by atoms with Gasteiger partial charge in [-0.05, 0) is 42.7 Å². The average molecular weight is 281 g/mol. The molecule has 3 nitrogen and oxygen atoms in total. The van der Waals surface area contributed by atoms with Crippen LogP contribution in [0.3, 0.4) is 0 Å². The number of anilines is 3. The van der Waals surface area contributed by atoms with Crippen LogP contribution >= 0.6 is 11.8 Å². The Labute approximate surface area is 122 Å². The monoisotopic (exact) mass is 281 g/mol. The van der Waals surface area contributed by atoms with Crippen molar-refractivity contribution in [1.82, 2.24) is 4.98 Å². The van der Waals surface area contributed by atoms with Crippen LogP contribution < -0.4 is 11.1 Å². The summed E-state index contributed by atoms with van der Waals surface area (Å²) >= 11 is 1.71. The number of rotatable bonds is 3. The zero-order valence-corrected chi connectivity index (χ0v) is 11.9. The van der Waals surface area contributed by atoms with Gasteiger partial charge in [-0.2, -0.15) is 0 Å². The average Bonchev–Trinajstić information content (AvgIpc) is 2.51. The number of nitrogens with two attached hydrogens (primary N) is 1. The van der Waals surface area contributed by atoms with Gasteiger partial charge in [-0.1, -0.05) is 12.1 Å². The quantitative estimate of drug-likeness (QED) is 0.555. The molecule has 0 saturated heterocycles. The van der Waals surface area contributed by atoms with E-state index >= 15 is 0 Å². The first-order valence-electron chi connectivity index (χ1n) is 6.33. The highest BCUT2D eigenvalue weighted by molar-refractivity contribution is 7.98. The molecule has 3 rings (SSSR count). The van der Waals surface area contributed by atoms with Crippen LogP contribution in [0.25, 0.3) is 10.9 Å². The summed E-state index contributed by atoms with van der Waals surface area (Å²) < 4.78 is 0. The number of nitrogens with zero attached hydrogens (tertiary/aromatic N) is 1. The number of benzene rings is 2. The molecule has 0 bridgehead atoms. The van der Waals surface area contributed by atoms with E-state index in [9.17, 15) is 0 Å². The van der Waals surface area contributed by atoms with Crippen LogP contribution in [0.4, 0.5) is 17.1 Å². The lowest BCUT2D eigenvalue weighted by molar-refractivity contribution is 1.40. The molecule has 1 heterocycles. The molecule has 0 aliphatic heterocycles. The summed E-state index contributed by atoms with van der Waals surface area (Å²) in [6.45, 7) is 0. The Morgan fingerprint density at radius 3 is 2.70 bits per heavy atom. The third kappa shape index (κ3) is 2.30. The highest BCUT2D eigenvalue weighted by Crippen LogP contribution is 2.33. The molecule has 0 atom stereocenters. The Morgan fingerprint density at radius 2 is 1.85 bits per heavy atom.